The van der Waals surface area contributed by atoms with Gasteiger partial charge in [-0.15, -0.1) is 0 Å². The van der Waals surface area contributed by atoms with Gasteiger partial charge in [-0.25, -0.2) is 13.4 Å². The van der Waals surface area contributed by atoms with Crippen LogP contribution in [0.2, 0.25) is 0 Å². The summed E-state index contributed by atoms with van der Waals surface area (Å²) in [7, 11) is -2.89. The van der Waals surface area contributed by atoms with Crippen LogP contribution in [0.1, 0.15) is 17.9 Å². The van der Waals surface area contributed by atoms with Crippen molar-refractivity contribution < 1.29 is 13.2 Å². The van der Waals surface area contributed by atoms with Crippen molar-refractivity contribution in [3.63, 3.8) is 0 Å². The number of rotatable bonds is 3. The summed E-state index contributed by atoms with van der Waals surface area (Å²) in [5.41, 5.74) is 1.01. The van der Waals surface area contributed by atoms with Gasteiger partial charge in [-0.1, -0.05) is 0 Å². The summed E-state index contributed by atoms with van der Waals surface area (Å²) in [6.45, 7) is 3.91. The summed E-state index contributed by atoms with van der Waals surface area (Å²) in [6, 6.07) is 0.127. The highest BCUT2D eigenvalue weighted by Gasteiger charge is 2.25. The molecule has 8 heteroatoms. The molecule has 1 saturated heterocycles. The number of amides is 1. The molecule has 1 atom stereocenters. The highest BCUT2D eigenvalue weighted by molar-refractivity contribution is 7.91. The van der Waals surface area contributed by atoms with Gasteiger partial charge in [-0.2, -0.15) is 0 Å². The molecule has 1 aromatic heterocycles. The Bertz CT molecular complexity index is 654. The number of aromatic nitrogens is 2. The van der Waals surface area contributed by atoms with Crippen LogP contribution >= 0.6 is 0 Å². The molecule has 0 bridgehead atoms. The molecule has 0 radical (unpaired) electrons. The normalized spacial score (nSPS) is 24.7. The fourth-order valence-electron chi connectivity index (χ4n) is 3.09. The number of nitrogens with one attached hydrogen (secondary N) is 1. The van der Waals surface area contributed by atoms with E-state index in [1.807, 2.05) is 18.0 Å². The van der Waals surface area contributed by atoms with E-state index in [0.717, 1.165) is 30.9 Å². The van der Waals surface area contributed by atoms with Crippen molar-refractivity contribution in [3.8, 4) is 0 Å². The van der Waals surface area contributed by atoms with Gasteiger partial charge < -0.3 is 9.88 Å². The van der Waals surface area contributed by atoms with Crippen LogP contribution in [0, 0.1) is 6.92 Å². The quantitative estimate of drug-likeness (QED) is 0.798. The number of fused-ring (bicyclic) bond motifs is 1. The second-order valence-electron chi connectivity index (χ2n) is 6.18. The maximum Gasteiger partial charge on any atom is 0.234 e. The first-order valence-electron chi connectivity index (χ1n) is 7.66. The lowest BCUT2D eigenvalue weighted by Crippen LogP contribution is -2.48. The van der Waals surface area contributed by atoms with Gasteiger partial charge in [-0.05, 0) is 13.3 Å². The Morgan fingerprint density at radius 1 is 1.41 bits per heavy atom. The van der Waals surface area contributed by atoms with Crippen molar-refractivity contribution in [1.29, 1.82) is 0 Å². The Kier molecular flexibility index (Phi) is 4.22. The molecule has 1 amide bonds. The Hall–Kier alpha value is -1.41. The molecule has 1 fully saturated rings. The summed E-state index contributed by atoms with van der Waals surface area (Å²) in [5, 5.41) is 3.06. The number of hydrogen-bond donors (Lipinski definition) is 1. The van der Waals surface area contributed by atoms with Gasteiger partial charge >= 0.3 is 0 Å². The summed E-state index contributed by atoms with van der Waals surface area (Å²) in [6.07, 6.45) is 3.79. The van der Waals surface area contributed by atoms with Crippen LogP contribution in [-0.4, -0.2) is 66.0 Å². The van der Waals surface area contributed by atoms with Crippen molar-refractivity contribution in [2.24, 2.45) is 0 Å². The van der Waals surface area contributed by atoms with E-state index in [4.69, 9.17) is 0 Å². The minimum absolute atomic E-state index is 0.0235. The number of aryl methyl sites for hydroxylation is 2. The predicted octanol–water partition coefficient (Wildman–Crippen LogP) is -0.647. The second kappa shape index (κ2) is 6.00. The van der Waals surface area contributed by atoms with Gasteiger partial charge in [0.15, 0.2) is 9.84 Å². The van der Waals surface area contributed by atoms with Gasteiger partial charge in [-0.3, -0.25) is 9.69 Å². The molecule has 0 unspecified atom stereocenters. The molecule has 0 aromatic carbocycles. The minimum atomic E-state index is -2.89. The number of carbonyl (C=O) groups excluding carboxylic acids is 1. The average Bonchev–Trinajstić information content (AvgIpc) is 2.80. The molecule has 122 valence electrons. The summed E-state index contributed by atoms with van der Waals surface area (Å²) in [5.74, 6) is 1.37. The Morgan fingerprint density at radius 2 is 2.14 bits per heavy atom. The molecule has 1 aromatic rings. The van der Waals surface area contributed by atoms with E-state index in [0.29, 0.717) is 13.1 Å². The monoisotopic (exact) mass is 326 g/mol. The van der Waals surface area contributed by atoms with Crippen LogP contribution in [0.3, 0.4) is 0 Å². The van der Waals surface area contributed by atoms with Gasteiger partial charge in [0.25, 0.3) is 0 Å². The van der Waals surface area contributed by atoms with Crippen LogP contribution in [0.5, 0.6) is 0 Å². The van der Waals surface area contributed by atoms with Gasteiger partial charge in [0, 0.05) is 38.3 Å². The van der Waals surface area contributed by atoms with E-state index >= 15 is 0 Å². The standard InChI is InChI=1S/C14H22N4O3S/c1-11-8-18-9-12(2-3-13(18)15-11)16-14(19)10-17-4-6-22(20,21)7-5-17/h8,12H,2-7,9-10H2,1H3,(H,16,19)/t12-/m0/s1. The lowest BCUT2D eigenvalue weighted by molar-refractivity contribution is -0.123. The maximum atomic E-state index is 12.1. The van der Waals surface area contributed by atoms with E-state index in [1.165, 1.54) is 0 Å². The number of sulfone groups is 1. The van der Waals surface area contributed by atoms with Crippen LogP contribution < -0.4 is 5.32 Å². The van der Waals surface area contributed by atoms with E-state index in [-0.39, 0.29) is 30.0 Å². The highest BCUT2D eigenvalue weighted by Crippen LogP contribution is 2.15. The lowest BCUT2D eigenvalue weighted by atomic mass is 10.1. The zero-order valence-corrected chi connectivity index (χ0v) is 13.6. The lowest BCUT2D eigenvalue weighted by Gasteiger charge is -2.28. The van der Waals surface area contributed by atoms with E-state index < -0.39 is 9.84 Å². The Balaban J connectivity index is 1.49. The maximum absolute atomic E-state index is 12.1. The summed E-state index contributed by atoms with van der Waals surface area (Å²) >= 11 is 0. The molecule has 2 aliphatic heterocycles. The van der Waals surface area contributed by atoms with Crippen LogP contribution in [0.15, 0.2) is 6.20 Å². The van der Waals surface area contributed by atoms with E-state index in [1.54, 1.807) is 0 Å². The second-order valence-corrected chi connectivity index (χ2v) is 8.49. The van der Waals surface area contributed by atoms with E-state index in [2.05, 4.69) is 14.9 Å². The molecule has 1 N–H and O–H groups in total. The van der Waals surface area contributed by atoms with Crippen molar-refractivity contribution in [1.82, 2.24) is 19.8 Å². The molecule has 0 spiro atoms. The van der Waals surface area contributed by atoms with Gasteiger partial charge in [0.05, 0.1) is 23.7 Å². The number of imidazole rings is 1. The third-order valence-electron chi connectivity index (χ3n) is 4.28. The van der Waals surface area contributed by atoms with Crippen molar-refractivity contribution >= 4 is 15.7 Å². The van der Waals surface area contributed by atoms with Crippen LogP contribution in [0.4, 0.5) is 0 Å². The Labute approximate surface area is 130 Å². The fourth-order valence-corrected chi connectivity index (χ4v) is 4.37. The van der Waals surface area contributed by atoms with E-state index in [9.17, 15) is 13.2 Å². The molecule has 0 aliphatic carbocycles. The van der Waals surface area contributed by atoms with Crippen molar-refractivity contribution in [2.45, 2.75) is 32.4 Å². The predicted molar refractivity (Wildman–Crippen MR) is 82.3 cm³/mol. The SMILES string of the molecule is Cc1cn2c(n1)CC[C@H](NC(=O)CN1CCS(=O)(=O)CC1)C2. The third kappa shape index (κ3) is 3.67. The van der Waals surface area contributed by atoms with Crippen LogP contribution in [-0.2, 0) is 27.6 Å². The zero-order valence-electron chi connectivity index (χ0n) is 12.8. The molecule has 22 heavy (non-hydrogen) atoms. The van der Waals surface area contributed by atoms with Crippen molar-refractivity contribution in [3.05, 3.63) is 17.7 Å². The molecule has 2 aliphatic rings. The smallest absolute Gasteiger partial charge is 0.234 e. The zero-order chi connectivity index (χ0) is 15.7. The van der Waals surface area contributed by atoms with Crippen LogP contribution in [0.25, 0.3) is 0 Å². The minimum Gasteiger partial charge on any atom is -0.350 e. The summed E-state index contributed by atoms with van der Waals surface area (Å²) < 4.78 is 24.9. The highest BCUT2D eigenvalue weighted by atomic mass is 32.2. The third-order valence-corrected chi connectivity index (χ3v) is 5.89. The fraction of sp³-hybridized carbons (Fsp3) is 0.714. The first-order valence-corrected chi connectivity index (χ1v) is 9.48. The first-order chi connectivity index (χ1) is 10.4. The number of carbonyl (C=O) groups is 1. The average molecular weight is 326 g/mol. The largest absolute Gasteiger partial charge is 0.350 e. The van der Waals surface area contributed by atoms with Gasteiger partial charge in [0.1, 0.15) is 5.82 Å². The molecule has 7 nitrogen and oxygen atoms in total. The molecule has 3 heterocycles. The molecule has 3 rings (SSSR count). The van der Waals surface area contributed by atoms with Gasteiger partial charge in [0.2, 0.25) is 5.91 Å². The Morgan fingerprint density at radius 3 is 2.86 bits per heavy atom. The topological polar surface area (TPSA) is 84.3 Å². The molecule has 0 saturated carbocycles. The number of nitrogens with zero attached hydrogens (tertiary/aromatic N) is 3. The summed E-state index contributed by atoms with van der Waals surface area (Å²) in [4.78, 5) is 18.5. The first kappa shape index (κ1) is 15.5. The van der Waals surface area contributed by atoms with Crippen molar-refractivity contribution in [2.75, 3.05) is 31.1 Å². The number of hydrogen-bond acceptors (Lipinski definition) is 5. The molecular weight excluding hydrogens is 304 g/mol. The molecular formula is C14H22N4O3S.